The van der Waals surface area contributed by atoms with Gasteiger partial charge in [0.25, 0.3) is 0 Å². The molecule has 2 aliphatic rings. The molecule has 2 atom stereocenters. The Balaban J connectivity index is 1.88. The second-order valence-corrected chi connectivity index (χ2v) is 6.60. The minimum atomic E-state index is -0.951. The van der Waals surface area contributed by atoms with Crippen molar-refractivity contribution in [2.75, 3.05) is 26.2 Å². The highest BCUT2D eigenvalue weighted by atomic mass is 16.4. The third-order valence-corrected chi connectivity index (χ3v) is 4.43. The first-order valence-electron chi connectivity index (χ1n) is 7.99. The molecule has 1 unspecified atom stereocenters. The zero-order valence-corrected chi connectivity index (χ0v) is 13.0. The van der Waals surface area contributed by atoms with Gasteiger partial charge in [0.1, 0.15) is 6.04 Å². The fraction of sp³-hybridized carbons (Fsp3) is 0.867. The van der Waals surface area contributed by atoms with Crippen molar-refractivity contribution in [1.29, 1.82) is 0 Å². The van der Waals surface area contributed by atoms with Crippen molar-refractivity contribution in [2.24, 2.45) is 5.92 Å². The van der Waals surface area contributed by atoms with E-state index in [0.29, 0.717) is 19.0 Å². The predicted molar refractivity (Wildman–Crippen MR) is 80.2 cm³/mol. The van der Waals surface area contributed by atoms with Gasteiger partial charge in [-0.2, -0.15) is 0 Å². The standard InChI is InChI=1S/C15H27N3O3/c1-11(2)9-13(14(19)20)16-15(21)18-8-7-17-6-4-3-5-12(17)10-18/h11-13H,3-10H2,1-2H3,(H,16,21)(H,19,20)/t12?,13-/m1/s1. The van der Waals surface area contributed by atoms with Gasteiger partial charge in [0.05, 0.1) is 0 Å². The molecule has 0 bridgehead atoms. The molecule has 0 aromatic carbocycles. The van der Waals surface area contributed by atoms with E-state index in [1.807, 2.05) is 13.8 Å². The lowest BCUT2D eigenvalue weighted by atomic mass is 9.99. The summed E-state index contributed by atoms with van der Waals surface area (Å²) >= 11 is 0. The largest absolute Gasteiger partial charge is 0.480 e. The SMILES string of the molecule is CC(C)C[C@@H](NC(=O)N1CCN2CCCCC2C1)C(=O)O. The van der Waals surface area contributed by atoms with Crippen LogP contribution in [-0.4, -0.2) is 65.2 Å². The number of hydrogen-bond acceptors (Lipinski definition) is 3. The Morgan fingerprint density at radius 3 is 2.67 bits per heavy atom. The third-order valence-electron chi connectivity index (χ3n) is 4.43. The van der Waals surface area contributed by atoms with Crippen LogP contribution in [-0.2, 0) is 4.79 Å². The van der Waals surface area contributed by atoms with Crippen LogP contribution in [0.4, 0.5) is 4.79 Å². The molecule has 2 heterocycles. The van der Waals surface area contributed by atoms with Gasteiger partial charge in [-0.3, -0.25) is 4.90 Å². The van der Waals surface area contributed by atoms with Crippen molar-refractivity contribution in [1.82, 2.24) is 15.1 Å². The van der Waals surface area contributed by atoms with Crippen LogP contribution < -0.4 is 5.32 Å². The van der Waals surface area contributed by atoms with Crippen molar-refractivity contribution in [3.8, 4) is 0 Å². The molecule has 2 N–H and O–H groups in total. The van der Waals surface area contributed by atoms with Crippen molar-refractivity contribution in [3.63, 3.8) is 0 Å². The summed E-state index contributed by atoms with van der Waals surface area (Å²) in [6.07, 6.45) is 4.07. The highest BCUT2D eigenvalue weighted by Gasteiger charge is 2.32. The molecule has 0 spiro atoms. The lowest BCUT2D eigenvalue weighted by Gasteiger charge is -2.44. The molecule has 120 valence electrons. The molecule has 6 nitrogen and oxygen atoms in total. The number of nitrogens with zero attached hydrogens (tertiary/aromatic N) is 2. The fourth-order valence-corrected chi connectivity index (χ4v) is 3.27. The number of carboxylic acids is 1. The third kappa shape index (κ3) is 4.33. The molecule has 0 aromatic heterocycles. The second-order valence-electron chi connectivity index (χ2n) is 6.60. The van der Waals surface area contributed by atoms with Crippen LogP contribution in [0.2, 0.25) is 0 Å². The van der Waals surface area contributed by atoms with Gasteiger partial charge in [-0.15, -0.1) is 0 Å². The van der Waals surface area contributed by atoms with Crippen LogP contribution in [0.15, 0.2) is 0 Å². The molecule has 2 rings (SSSR count). The first kappa shape index (κ1) is 16.1. The summed E-state index contributed by atoms with van der Waals surface area (Å²) in [5.74, 6) is -0.713. The van der Waals surface area contributed by atoms with E-state index in [1.165, 1.54) is 12.8 Å². The fourth-order valence-electron chi connectivity index (χ4n) is 3.27. The number of piperazine rings is 1. The van der Waals surface area contributed by atoms with Gasteiger partial charge in [0.2, 0.25) is 0 Å². The Hall–Kier alpha value is -1.30. The summed E-state index contributed by atoms with van der Waals surface area (Å²) in [5, 5.41) is 11.9. The maximum atomic E-state index is 12.3. The Morgan fingerprint density at radius 2 is 2.00 bits per heavy atom. The lowest BCUT2D eigenvalue weighted by molar-refractivity contribution is -0.139. The van der Waals surface area contributed by atoms with E-state index in [4.69, 9.17) is 0 Å². The van der Waals surface area contributed by atoms with Crippen molar-refractivity contribution < 1.29 is 14.7 Å². The van der Waals surface area contributed by atoms with Crippen molar-refractivity contribution in [2.45, 2.75) is 51.6 Å². The number of amides is 2. The maximum absolute atomic E-state index is 12.3. The number of urea groups is 1. The molecule has 21 heavy (non-hydrogen) atoms. The molecule has 0 radical (unpaired) electrons. The average molecular weight is 297 g/mol. The van der Waals surface area contributed by atoms with Gasteiger partial charge < -0.3 is 15.3 Å². The molecule has 0 saturated carbocycles. The van der Waals surface area contributed by atoms with Gasteiger partial charge in [0, 0.05) is 25.7 Å². The minimum Gasteiger partial charge on any atom is -0.480 e. The average Bonchev–Trinajstić information content (AvgIpc) is 2.45. The maximum Gasteiger partial charge on any atom is 0.326 e. The number of fused-ring (bicyclic) bond motifs is 1. The van der Waals surface area contributed by atoms with Crippen LogP contribution in [0.5, 0.6) is 0 Å². The van der Waals surface area contributed by atoms with E-state index in [-0.39, 0.29) is 11.9 Å². The van der Waals surface area contributed by atoms with Gasteiger partial charge in [-0.1, -0.05) is 20.3 Å². The normalized spacial score (nSPS) is 24.5. The number of aliphatic carboxylic acids is 1. The van der Waals surface area contributed by atoms with Crippen molar-refractivity contribution in [3.05, 3.63) is 0 Å². The summed E-state index contributed by atoms with van der Waals surface area (Å²) in [7, 11) is 0. The number of carbonyl (C=O) groups excluding carboxylic acids is 1. The minimum absolute atomic E-state index is 0.228. The van der Waals surface area contributed by atoms with E-state index in [1.54, 1.807) is 4.90 Å². The molecular weight excluding hydrogens is 270 g/mol. The van der Waals surface area contributed by atoms with Crippen LogP contribution in [0.3, 0.4) is 0 Å². The highest BCUT2D eigenvalue weighted by Crippen LogP contribution is 2.21. The molecule has 2 fully saturated rings. The Labute approximate surface area is 126 Å². The molecule has 0 aromatic rings. The van der Waals surface area contributed by atoms with E-state index in [0.717, 1.165) is 26.1 Å². The highest BCUT2D eigenvalue weighted by molar-refractivity contribution is 5.82. The number of nitrogens with one attached hydrogen (secondary N) is 1. The molecule has 0 aliphatic carbocycles. The van der Waals surface area contributed by atoms with Gasteiger partial charge >= 0.3 is 12.0 Å². The number of piperidine rings is 1. The smallest absolute Gasteiger partial charge is 0.326 e. The molecule has 6 heteroatoms. The summed E-state index contributed by atoms with van der Waals surface area (Å²) in [6, 6.07) is -0.568. The van der Waals surface area contributed by atoms with Crippen LogP contribution in [0.1, 0.15) is 39.5 Å². The van der Waals surface area contributed by atoms with Gasteiger partial charge in [-0.25, -0.2) is 9.59 Å². The Morgan fingerprint density at radius 1 is 1.24 bits per heavy atom. The molecule has 2 amide bonds. The second kappa shape index (κ2) is 7.11. The van der Waals surface area contributed by atoms with E-state index >= 15 is 0 Å². The first-order valence-corrected chi connectivity index (χ1v) is 7.99. The Kier molecular flexibility index (Phi) is 5.45. The van der Waals surface area contributed by atoms with E-state index in [9.17, 15) is 14.7 Å². The number of carboxylic acid groups (broad SMARTS) is 1. The monoisotopic (exact) mass is 297 g/mol. The number of rotatable bonds is 4. The summed E-state index contributed by atoms with van der Waals surface area (Å²) in [4.78, 5) is 27.8. The van der Waals surface area contributed by atoms with Gasteiger partial charge in [0.15, 0.2) is 0 Å². The Bertz CT molecular complexity index is 386. The molecule has 2 aliphatic heterocycles. The topological polar surface area (TPSA) is 72.9 Å². The van der Waals surface area contributed by atoms with E-state index in [2.05, 4.69) is 10.2 Å². The lowest BCUT2D eigenvalue weighted by Crippen LogP contribution is -2.59. The molecular formula is C15H27N3O3. The predicted octanol–water partition coefficient (Wildman–Crippen LogP) is 1.37. The quantitative estimate of drug-likeness (QED) is 0.822. The number of carbonyl (C=O) groups is 2. The summed E-state index contributed by atoms with van der Waals surface area (Å²) in [5.41, 5.74) is 0. The summed E-state index contributed by atoms with van der Waals surface area (Å²) < 4.78 is 0. The zero-order valence-electron chi connectivity index (χ0n) is 13.0. The van der Waals surface area contributed by atoms with Crippen LogP contribution in [0.25, 0.3) is 0 Å². The molecule has 2 saturated heterocycles. The zero-order chi connectivity index (χ0) is 15.4. The summed E-state index contributed by atoms with van der Waals surface area (Å²) in [6.45, 7) is 7.37. The van der Waals surface area contributed by atoms with Crippen LogP contribution in [0, 0.1) is 5.92 Å². The first-order chi connectivity index (χ1) is 9.97. The van der Waals surface area contributed by atoms with E-state index < -0.39 is 12.0 Å². The van der Waals surface area contributed by atoms with Crippen LogP contribution >= 0.6 is 0 Å². The van der Waals surface area contributed by atoms with Crippen molar-refractivity contribution >= 4 is 12.0 Å². The van der Waals surface area contributed by atoms with Gasteiger partial charge in [-0.05, 0) is 31.7 Å². The number of hydrogen-bond donors (Lipinski definition) is 2.